The minimum absolute atomic E-state index is 0.312. The molecule has 1 aliphatic heterocycles. The molecule has 1 rings (SSSR count). The van der Waals surface area contributed by atoms with Gasteiger partial charge in [0.2, 0.25) is 0 Å². The van der Waals surface area contributed by atoms with Crippen molar-refractivity contribution < 1.29 is 9.53 Å². The highest BCUT2D eigenvalue weighted by atomic mass is 16.5. The van der Waals surface area contributed by atoms with Gasteiger partial charge >= 0.3 is 0 Å². The van der Waals surface area contributed by atoms with E-state index in [0.717, 1.165) is 39.1 Å². The molecule has 0 aromatic heterocycles. The number of hydrogen-bond acceptors (Lipinski definition) is 3. The number of Topliss-reactive ketones (excluding diaryl/α,β-unsaturated/α-hetero) is 1. The molecule has 0 aromatic rings. The number of carbonyl (C=O) groups excluding carboxylic acids is 1. The molecule has 0 aromatic carbocycles. The summed E-state index contributed by atoms with van der Waals surface area (Å²) in [5.74, 6) is 0.404. The summed E-state index contributed by atoms with van der Waals surface area (Å²) in [4.78, 5) is 13.2. The van der Waals surface area contributed by atoms with Gasteiger partial charge in [-0.3, -0.25) is 4.79 Å². The summed E-state index contributed by atoms with van der Waals surface area (Å²) < 4.78 is 5.44. The maximum atomic E-state index is 10.9. The normalized spacial score (nSPS) is 19.8. The minimum Gasteiger partial charge on any atom is -0.377 e. The van der Waals surface area contributed by atoms with Gasteiger partial charge in [0.1, 0.15) is 5.78 Å². The fourth-order valence-electron chi connectivity index (χ4n) is 1.44. The third-order valence-corrected chi connectivity index (χ3v) is 2.27. The van der Waals surface area contributed by atoms with E-state index in [4.69, 9.17) is 4.74 Å². The average molecular weight is 185 g/mol. The second-order valence-corrected chi connectivity index (χ2v) is 3.80. The fraction of sp³-hybridized carbons (Fsp3) is 0.900. The van der Waals surface area contributed by atoms with Crippen molar-refractivity contribution in [3.8, 4) is 0 Å². The zero-order chi connectivity index (χ0) is 9.68. The quantitative estimate of drug-likeness (QED) is 0.656. The van der Waals surface area contributed by atoms with Crippen LogP contribution in [0.1, 0.15) is 26.7 Å². The molecule has 0 aliphatic carbocycles. The highest BCUT2D eigenvalue weighted by molar-refractivity contribution is 5.79. The van der Waals surface area contributed by atoms with Crippen LogP contribution in [0, 0.1) is 0 Å². The number of carbonyl (C=O) groups is 1. The number of piperidine rings is 1. The standard InChI is InChI=1S/C10H19NO2/c1-9(2)13-8-7-11-5-3-10(12)4-6-11/h9H,3-8H2,1-2H3. The molecule has 76 valence electrons. The molecule has 0 radical (unpaired) electrons. The SMILES string of the molecule is CC(C)OCCN1CCC(=O)CC1. The first-order chi connectivity index (χ1) is 6.18. The Labute approximate surface area is 80.1 Å². The predicted molar refractivity (Wildman–Crippen MR) is 51.8 cm³/mol. The van der Waals surface area contributed by atoms with Crippen LogP contribution in [0.3, 0.4) is 0 Å². The van der Waals surface area contributed by atoms with Gasteiger partial charge in [0, 0.05) is 32.5 Å². The first-order valence-electron chi connectivity index (χ1n) is 5.04. The lowest BCUT2D eigenvalue weighted by Crippen LogP contribution is -2.36. The van der Waals surface area contributed by atoms with Crippen LogP contribution in [0.25, 0.3) is 0 Å². The molecule has 1 heterocycles. The van der Waals surface area contributed by atoms with Crippen LogP contribution in [0.5, 0.6) is 0 Å². The molecule has 0 amide bonds. The Balaban J connectivity index is 2.05. The van der Waals surface area contributed by atoms with Crippen molar-refractivity contribution >= 4 is 5.78 Å². The number of ketones is 1. The van der Waals surface area contributed by atoms with E-state index in [1.54, 1.807) is 0 Å². The van der Waals surface area contributed by atoms with Crippen LogP contribution >= 0.6 is 0 Å². The van der Waals surface area contributed by atoms with Gasteiger partial charge in [-0.1, -0.05) is 0 Å². The summed E-state index contributed by atoms with van der Waals surface area (Å²) >= 11 is 0. The van der Waals surface area contributed by atoms with Gasteiger partial charge in [-0.2, -0.15) is 0 Å². The zero-order valence-corrected chi connectivity index (χ0v) is 8.58. The zero-order valence-electron chi connectivity index (χ0n) is 8.58. The van der Waals surface area contributed by atoms with E-state index in [1.807, 2.05) is 13.8 Å². The molecule has 0 spiro atoms. The van der Waals surface area contributed by atoms with Gasteiger partial charge in [0.15, 0.2) is 0 Å². The highest BCUT2D eigenvalue weighted by Crippen LogP contribution is 2.04. The molecule has 0 unspecified atom stereocenters. The van der Waals surface area contributed by atoms with E-state index in [-0.39, 0.29) is 0 Å². The first-order valence-corrected chi connectivity index (χ1v) is 5.04. The lowest BCUT2D eigenvalue weighted by molar-refractivity contribution is -0.121. The molecule has 0 N–H and O–H groups in total. The van der Waals surface area contributed by atoms with Crippen molar-refractivity contribution in [2.24, 2.45) is 0 Å². The van der Waals surface area contributed by atoms with Gasteiger partial charge in [0.05, 0.1) is 12.7 Å². The Morgan fingerprint density at radius 3 is 2.54 bits per heavy atom. The molecule has 3 nitrogen and oxygen atoms in total. The lowest BCUT2D eigenvalue weighted by atomic mass is 10.1. The third kappa shape index (κ3) is 4.39. The topological polar surface area (TPSA) is 29.5 Å². The van der Waals surface area contributed by atoms with E-state index in [9.17, 15) is 4.79 Å². The van der Waals surface area contributed by atoms with Crippen molar-refractivity contribution in [1.29, 1.82) is 0 Å². The Bertz CT molecular complexity index is 158. The smallest absolute Gasteiger partial charge is 0.135 e. The number of likely N-dealkylation sites (tertiary alicyclic amines) is 1. The number of hydrogen-bond donors (Lipinski definition) is 0. The van der Waals surface area contributed by atoms with Crippen LogP contribution in [0.15, 0.2) is 0 Å². The lowest BCUT2D eigenvalue weighted by Gasteiger charge is -2.25. The Kier molecular flexibility index (Phi) is 4.39. The predicted octanol–water partition coefficient (Wildman–Crippen LogP) is 1.08. The van der Waals surface area contributed by atoms with Crippen LogP contribution in [-0.4, -0.2) is 43.0 Å². The fourth-order valence-corrected chi connectivity index (χ4v) is 1.44. The van der Waals surface area contributed by atoms with E-state index in [0.29, 0.717) is 11.9 Å². The molecule has 1 saturated heterocycles. The van der Waals surface area contributed by atoms with Gasteiger partial charge in [-0.05, 0) is 13.8 Å². The molecule has 0 bridgehead atoms. The van der Waals surface area contributed by atoms with Crippen molar-refractivity contribution in [3.63, 3.8) is 0 Å². The second kappa shape index (κ2) is 5.35. The molecule has 0 atom stereocenters. The van der Waals surface area contributed by atoms with Crippen LogP contribution in [0.4, 0.5) is 0 Å². The van der Waals surface area contributed by atoms with Gasteiger partial charge in [-0.25, -0.2) is 0 Å². The number of rotatable bonds is 4. The van der Waals surface area contributed by atoms with Crippen LogP contribution < -0.4 is 0 Å². The summed E-state index contributed by atoms with van der Waals surface area (Å²) in [6, 6.07) is 0. The van der Waals surface area contributed by atoms with Crippen LogP contribution in [0.2, 0.25) is 0 Å². The summed E-state index contributed by atoms with van der Waals surface area (Å²) in [5.41, 5.74) is 0. The molecule has 1 fully saturated rings. The van der Waals surface area contributed by atoms with E-state index in [1.165, 1.54) is 0 Å². The van der Waals surface area contributed by atoms with E-state index < -0.39 is 0 Å². The molecule has 3 heteroatoms. The molecule has 13 heavy (non-hydrogen) atoms. The highest BCUT2D eigenvalue weighted by Gasteiger charge is 2.15. The van der Waals surface area contributed by atoms with Crippen molar-refractivity contribution in [3.05, 3.63) is 0 Å². The first kappa shape index (κ1) is 10.7. The molecule has 0 saturated carbocycles. The Morgan fingerprint density at radius 1 is 1.38 bits per heavy atom. The average Bonchev–Trinajstić information content (AvgIpc) is 2.08. The van der Waals surface area contributed by atoms with Gasteiger partial charge in [-0.15, -0.1) is 0 Å². The summed E-state index contributed by atoms with van der Waals surface area (Å²) in [7, 11) is 0. The summed E-state index contributed by atoms with van der Waals surface area (Å²) in [6.07, 6.45) is 1.76. The minimum atomic E-state index is 0.312. The monoisotopic (exact) mass is 185 g/mol. The van der Waals surface area contributed by atoms with Gasteiger partial charge in [0.25, 0.3) is 0 Å². The maximum absolute atomic E-state index is 10.9. The second-order valence-electron chi connectivity index (χ2n) is 3.80. The number of ether oxygens (including phenoxy) is 1. The van der Waals surface area contributed by atoms with Crippen molar-refractivity contribution in [2.45, 2.75) is 32.8 Å². The Hall–Kier alpha value is -0.410. The number of nitrogens with zero attached hydrogens (tertiary/aromatic N) is 1. The molecular weight excluding hydrogens is 166 g/mol. The Morgan fingerprint density at radius 2 is 2.00 bits per heavy atom. The third-order valence-electron chi connectivity index (χ3n) is 2.27. The van der Waals surface area contributed by atoms with Crippen molar-refractivity contribution in [1.82, 2.24) is 4.90 Å². The molecule has 1 aliphatic rings. The molecular formula is C10H19NO2. The van der Waals surface area contributed by atoms with E-state index in [2.05, 4.69) is 4.90 Å². The van der Waals surface area contributed by atoms with Gasteiger partial charge < -0.3 is 9.64 Å². The summed E-state index contributed by atoms with van der Waals surface area (Å²) in [6.45, 7) is 7.66. The van der Waals surface area contributed by atoms with E-state index >= 15 is 0 Å². The van der Waals surface area contributed by atoms with Crippen molar-refractivity contribution in [2.75, 3.05) is 26.2 Å². The summed E-state index contributed by atoms with van der Waals surface area (Å²) in [5, 5.41) is 0. The largest absolute Gasteiger partial charge is 0.377 e. The van der Waals surface area contributed by atoms with Crippen LogP contribution in [-0.2, 0) is 9.53 Å². The maximum Gasteiger partial charge on any atom is 0.135 e.